The van der Waals surface area contributed by atoms with Gasteiger partial charge in [0.05, 0.1) is 17.9 Å². The van der Waals surface area contributed by atoms with Crippen molar-refractivity contribution >= 4 is 23.1 Å². The molecule has 1 amide bonds. The zero-order chi connectivity index (χ0) is 23.7. The second-order valence-corrected chi connectivity index (χ2v) is 7.83. The minimum atomic E-state index is -0.919. The van der Waals surface area contributed by atoms with Gasteiger partial charge in [-0.2, -0.15) is 0 Å². The molecule has 1 fully saturated rings. The molecule has 3 heterocycles. The van der Waals surface area contributed by atoms with Crippen LogP contribution in [0.25, 0.3) is 5.76 Å². The highest BCUT2D eigenvalue weighted by atomic mass is 16.7. The Labute approximate surface area is 196 Å². The number of ether oxygens (including phenoxy) is 3. The van der Waals surface area contributed by atoms with Gasteiger partial charge in [-0.3, -0.25) is 19.5 Å². The SMILES string of the molecule is CCCOc1ccc(/C(O)=C2\C(=O)C(=O)N(c3ccc4c(c3)OCO4)C2c2ccccn2)cc1. The second-order valence-electron chi connectivity index (χ2n) is 7.83. The number of aromatic nitrogens is 1. The molecule has 1 atom stereocenters. The van der Waals surface area contributed by atoms with Crippen LogP contribution in [0.1, 0.15) is 30.6 Å². The number of hydrogen-bond donors (Lipinski definition) is 1. The molecule has 8 heteroatoms. The molecule has 1 N–H and O–H groups in total. The minimum absolute atomic E-state index is 0.0383. The Kier molecular flexibility index (Phi) is 5.63. The number of carbonyl (C=O) groups is 2. The fraction of sp³-hybridized carbons (Fsp3) is 0.192. The van der Waals surface area contributed by atoms with Gasteiger partial charge in [-0.15, -0.1) is 0 Å². The van der Waals surface area contributed by atoms with Gasteiger partial charge in [0.2, 0.25) is 6.79 Å². The van der Waals surface area contributed by atoms with Crippen LogP contribution < -0.4 is 19.1 Å². The molecule has 8 nitrogen and oxygen atoms in total. The Morgan fingerprint density at radius 1 is 1.09 bits per heavy atom. The van der Waals surface area contributed by atoms with Gasteiger partial charge in [-0.05, 0) is 55.0 Å². The van der Waals surface area contributed by atoms with Gasteiger partial charge in [-0.1, -0.05) is 13.0 Å². The molecule has 34 heavy (non-hydrogen) atoms. The predicted molar refractivity (Wildman–Crippen MR) is 124 cm³/mol. The number of Topliss-reactive ketones (excluding diaryl/α,β-unsaturated/α-hetero) is 1. The zero-order valence-corrected chi connectivity index (χ0v) is 18.4. The summed E-state index contributed by atoms with van der Waals surface area (Å²) in [4.78, 5) is 32.1. The number of pyridine rings is 1. The topological polar surface area (TPSA) is 98.2 Å². The second kappa shape index (κ2) is 8.90. The summed E-state index contributed by atoms with van der Waals surface area (Å²) in [5.74, 6) is -0.155. The Balaban J connectivity index is 1.61. The van der Waals surface area contributed by atoms with E-state index in [4.69, 9.17) is 14.2 Å². The van der Waals surface area contributed by atoms with E-state index in [0.29, 0.717) is 40.8 Å². The van der Waals surface area contributed by atoms with E-state index in [2.05, 4.69) is 4.98 Å². The molecule has 3 aromatic rings. The lowest BCUT2D eigenvalue weighted by Gasteiger charge is -2.24. The zero-order valence-electron chi connectivity index (χ0n) is 18.4. The molecule has 2 aliphatic rings. The van der Waals surface area contributed by atoms with E-state index in [1.807, 2.05) is 6.92 Å². The number of nitrogens with zero attached hydrogens (tertiary/aromatic N) is 2. The first-order chi connectivity index (χ1) is 16.6. The Morgan fingerprint density at radius 2 is 1.88 bits per heavy atom. The molecule has 0 saturated carbocycles. The number of fused-ring (bicyclic) bond motifs is 1. The Morgan fingerprint density at radius 3 is 2.62 bits per heavy atom. The quantitative estimate of drug-likeness (QED) is 0.335. The first kappa shape index (κ1) is 21.5. The molecule has 2 aliphatic heterocycles. The smallest absolute Gasteiger partial charge is 0.300 e. The number of carbonyl (C=O) groups excluding carboxylic acids is 2. The number of benzene rings is 2. The van der Waals surface area contributed by atoms with Crippen LogP contribution in [-0.4, -0.2) is 35.2 Å². The number of hydrogen-bond acceptors (Lipinski definition) is 7. The Bertz CT molecular complexity index is 1270. The van der Waals surface area contributed by atoms with E-state index in [9.17, 15) is 14.7 Å². The average Bonchev–Trinajstić information content (AvgIpc) is 3.45. The number of aliphatic hydroxyl groups excluding tert-OH is 1. The third-order valence-corrected chi connectivity index (χ3v) is 5.65. The first-order valence-corrected chi connectivity index (χ1v) is 10.9. The first-order valence-electron chi connectivity index (χ1n) is 10.9. The molecule has 1 aromatic heterocycles. The van der Waals surface area contributed by atoms with Gasteiger partial charge in [0.15, 0.2) is 11.5 Å². The third-order valence-electron chi connectivity index (χ3n) is 5.65. The van der Waals surface area contributed by atoms with E-state index >= 15 is 0 Å². The molecular weight excluding hydrogens is 436 g/mol. The molecule has 0 radical (unpaired) electrons. The molecule has 1 saturated heterocycles. The van der Waals surface area contributed by atoms with Crippen LogP contribution >= 0.6 is 0 Å². The van der Waals surface area contributed by atoms with Crippen molar-refractivity contribution in [2.75, 3.05) is 18.3 Å². The lowest BCUT2D eigenvalue weighted by molar-refractivity contribution is -0.132. The number of ketones is 1. The van der Waals surface area contributed by atoms with Gasteiger partial charge >= 0.3 is 0 Å². The summed E-state index contributed by atoms with van der Waals surface area (Å²) in [7, 11) is 0. The summed E-state index contributed by atoms with van der Waals surface area (Å²) in [6.07, 6.45) is 2.45. The van der Waals surface area contributed by atoms with Crippen LogP contribution in [-0.2, 0) is 9.59 Å². The molecule has 172 valence electrons. The van der Waals surface area contributed by atoms with Crippen LogP contribution in [0.5, 0.6) is 17.2 Å². The highest BCUT2D eigenvalue weighted by Gasteiger charge is 2.47. The highest BCUT2D eigenvalue weighted by Crippen LogP contribution is 2.44. The van der Waals surface area contributed by atoms with Crippen molar-refractivity contribution in [3.8, 4) is 17.2 Å². The summed E-state index contributed by atoms with van der Waals surface area (Å²) in [6, 6.07) is 16.0. The van der Waals surface area contributed by atoms with Gasteiger partial charge in [-0.25, -0.2) is 0 Å². The predicted octanol–water partition coefficient (Wildman–Crippen LogP) is 4.23. The summed E-state index contributed by atoms with van der Waals surface area (Å²) in [5, 5.41) is 11.2. The average molecular weight is 458 g/mol. The van der Waals surface area contributed by atoms with Crippen LogP contribution in [0.3, 0.4) is 0 Å². The number of anilines is 1. The molecule has 0 aliphatic carbocycles. The van der Waals surface area contributed by atoms with Crippen LogP contribution in [0, 0.1) is 0 Å². The lowest BCUT2D eigenvalue weighted by Crippen LogP contribution is -2.29. The van der Waals surface area contributed by atoms with Crippen LogP contribution in [0.15, 0.2) is 72.4 Å². The fourth-order valence-corrected chi connectivity index (χ4v) is 4.04. The van der Waals surface area contributed by atoms with Gasteiger partial charge in [0.1, 0.15) is 17.6 Å². The van der Waals surface area contributed by atoms with Crippen molar-refractivity contribution < 1.29 is 28.9 Å². The maximum atomic E-state index is 13.2. The van der Waals surface area contributed by atoms with Crippen molar-refractivity contribution in [3.05, 3.63) is 83.7 Å². The maximum Gasteiger partial charge on any atom is 0.300 e. The molecule has 5 rings (SSSR count). The molecular formula is C26H22N2O6. The molecule has 2 aromatic carbocycles. The van der Waals surface area contributed by atoms with E-state index in [0.717, 1.165) is 6.42 Å². The van der Waals surface area contributed by atoms with Crippen molar-refractivity contribution in [2.45, 2.75) is 19.4 Å². The number of amides is 1. The monoisotopic (exact) mass is 458 g/mol. The molecule has 0 bridgehead atoms. The van der Waals surface area contributed by atoms with Crippen molar-refractivity contribution in [2.24, 2.45) is 0 Å². The minimum Gasteiger partial charge on any atom is -0.507 e. The summed E-state index contributed by atoms with van der Waals surface area (Å²) in [5.41, 5.74) is 1.24. The van der Waals surface area contributed by atoms with E-state index in [-0.39, 0.29) is 18.1 Å². The summed E-state index contributed by atoms with van der Waals surface area (Å²) >= 11 is 0. The Hall–Kier alpha value is -4.33. The van der Waals surface area contributed by atoms with Crippen LogP contribution in [0.4, 0.5) is 5.69 Å². The van der Waals surface area contributed by atoms with Crippen LogP contribution in [0.2, 0.25) is 0 Å². The van der Waals surface area contributed by atoms with E-state index in [1.54, 1.807) is 66.9 Å². The summed E-state index contributed by atoms with van der Waals surface area (Å²) in [6.45, 7) is 2.67. The number of aliphatic hydroxyl groups is 1. The maximum absolute atomic E-state index is 13.2. The third kappa shape index (κ3) is 3.73. The highest BCUT2D eigenvalue weighted by molar-refractivity contribution is 6.51. The van der Waals surface area contributed by atoms with Gasteiger partial charge in [0.25, 0.3) is 11.7 Å². The fourth-order valence-electron chi connectivity index (χ4n) is 4.04. The van der Waals surface area contributed by atoms with Gasteiger partial charge < -0.3 is 19.3 Å². The number of rotatable bonds is 6. The normalized spacial score (nSPS) is 18.4. The van der Waals surface area contributed by atoms with E-state index in [1.165, 1.54) is 4.90 Å². The standard InChI is InChI=1S/C26H22N2O6/c1-2-13-32-18-9-6-16(7-10-18)24(29)22-23(19-5-3-4-12-27-19)28(26(31)25(22)30)17-8-11-20-21(14-17)34-15-33-20/h3-12,14,23,29H,2,13,15H2,1H3/b24-22+. The summed E-state index contributed by atoms with van der Waals surface area (Å²) < 4.78 is 16.4. The largest absolute Gasteiger partial charge is 0.507 e. The van der Waals surface area contributed by atoms with Crippen molar-refractivity contribution in [1.82, 2.24) is 4.98 Å². The van der Waals surface area contributed by atoms with E-state index < -0.39 is 17.7 Å². The lowest BCUT2D eigenvalue weighted by atomic mass is 9.98. The molecule has 0 spiro atoms. The van der Waals surface area contributed by atoms with Gasteiger partial charge in [0, 0.05) is 23.5 Å². The van der Waals surface area contributed by atoms with Crippen molar-refractivity contribution in [3.63, 3.8) is 0 Å². The van der Waals surface area contributed by atoms with Crippen molar-refractivity contribution in [1.29, 1.82) is 0 Å². The molecule has 1 unspecified atom stereocenters.